The first-order valence-electron chi connectivity index (χ1n) is 12.2. The minimum atomic E-state index is -0.421. The Kier molecular flexibility index (Phi) is 7.58. The predicted molar refractivity (Wildman–Crippen MR) is 135 cm³/mol. The molecule has 0 spiro atoms. The largest absolute Gasteiger partial charge is 0.493 e. The number of nitrogens with one attached hydrogen (secondary N) is 1. The van der Waals surface area contributed by atoms with Gasteiger partial charge in [0.15, 0.2) is 11.5 Å². The van der Waals surface area contributed by atoms with Crippen molar-refractivity contribution in [3.8, 4) is 11.5 Å². The van der Waals surface area contributed by atoms with Crippen molar-refractivity contribution >= 4 is 22.8 Å². The van der Waals surface area contributed by atoms with Crippen LogP contribution in [0.3, 0.4) is 0 Å². The number of ether oxygens (including phenoxy) is 2. The number of aromatic nitrogens is 2. The van der Waals surface area contributed by atoms with Gasteiger partial charge in [0.2, 0.25) is 5.91 Å². The van der Waals surface area contributed by atoms with Gasteiger partial charge in [-0.3, -0.25) is 9.59 Å². The Morgan fingerprint density at radius 1 is 1.09 bits per heavy atom. The first-order valence-corrected chi connectivity index (χ1v) is 12.2. The van der Waals surface area contributed by atoms with E-state index >= 15 is 0 Å². The Morgan fingerprint density at radius 3 is 2.51 bits per heavy atom. The molecule has 8 nitrogen and oxygen atoms in total. The van der Waals surface area contributed by atoms with E-state index in [-0.39, 0.29) is 24.4 Å². The van der Waals surface area contributed by atoms with Gasteiger partial charge in [0, 0.05) is 18.7 Å². The van der Waals surface area contributed by atoms with Crippen LogP contribution < -0.4 is 14.8 Å². The zero-order chi connectivity index (χ0) is 24.9. The Balaban J connectivity index is 1.57. The fourth-order valence-corrected chi connectivity index (χ4v) is 4.83. The van der Waals surface area contributed by atoms with E-state index in [1.807, 2.05) is 47.7 Å². The highest BCUT2D eigenvalue weighted by Gasteiger charge is 2.25. The molecule has 3 aromatic rings. The van der Waals surface area contributed by atoms with Gasteiger partial charge in [-0.1, -0.05) is 31.4 Å². The van der Waals surface area contributed by atoms with E-state index in [1.54, 1.807) is 25.3 Å². The van der Waals surface area contributed by atoms with Crippen LogP contribution in [-0.4, -0.2) is 53.6 Å². The van der Waals surface area contributed by atoms with Crippen LogP contribution in [0.1, 0.15) is 61.3 Å². The molecule has 4 rings (SSSR count). The maximum Gasteiger partial charge on any atom is 0.251 e. The molecule has 1 heterocycles. The third kappa shape index (κ3) is 5.26. The van der Waals surface area contributed by atoms with Crippen molar-refractivity contribution in [2.45, 2.75) is 57.7 Å². The van der Waals surface area contributed by atoms with Crippen LogP contribution >= 0.6 is 0 Å². The van der Waals surface area contributed by atoms with Gasteiger partial charge in [-0.05, 0) is 50.1 Å². The summed E-state index contributed by atoms with van der Waals surface area (Å²) in [5.41, 5.74) is 2.12. The zero-order valence-electron chi connectivity index (χ0n) is 20.9. The highest BCUT2D eigenvalue weighted by molar-refractivity contribution is 5.95. The monoisotopic (exact) mass is 478 g/mol. The minimum Gasteiger partial charge on any atom is -0.493 e. The van der Waals surface area contributed by atoms with E-state index < -0.39 is 6.04 Å². The Labute approximate surface area is 206 Å². The maximum atomic E-state index is 13.3. The second kappa shape index (κ2) is 10.8. The van der Waals surface area contributed by atoms with Crippen molar-refractivity contribution in [1.82, 2.24) is 19.8 Å². The molecule has 1 aliphatic rings. The van der Waals surface area contributed by atoms with Gasteiger partial charge in [0.05, 0.1) is 31.3 Å². The number of likely N-dealkylation sites (N-methyl/N-ethyl adjacent to an activating group) is 1. The van der Waals surface area contributed by atoms with Crippen LogP contribution in [0.4, 0.5) is 0 Å². The zero-order valence-corrected chi connectivity index (χ0v) is 20.9. The van der Waals surface area contributed by atoms with Crippen LogP contribution in [0.2, 0.25) is 0 Å². The molecule has 1 N–H and O–H groups in total. The number of benzene rings is 2. The lowest BCUT2D eigenvalue weighted by molar-refractivity contribution is -0.133. The van der Waals surface area contributed by atoms with Crippen molar-refractivity contribution in [3.63, 3.8) is 0 Å². The summed E-state index contributed by atoms with van der Waals surface area (Å²) in [5.74, 6) is 1.48. The van der Waals surface area contributed by atoms with E-state index in [0.717, 1.165) is 23.9 Å². The number of carbonyl (C=O) groups is 2. The van der Waals surface area contributed by atoms with E-state index in [0.29, 0.717) is 22.9 Å². The topological polar surface area (TPSA) is 85.7 Å². The summed E-state index contributed by atoms with van der Waals surface area (Å²) in [6.07, 6.45) is 5.68. The fraction of sp³-hybridized carbons (Fsp3) is 0.444. The number of imidazole rings is 1. The molecule has 2 aromatic carbocycles. The molecule has 0 aliphatic heterocycles. The third-order valence-electron chi connectivity index (χ3n) is 6.87. The first kappa shape index (κ1) is 24.6. The highest BCUT2D eigenvalue weighted by Crippen LogP contribution is 2.28. The molecule has 186 valence electrons. The number of carbonyl (C=O) groups excluding carboxylic acids is 2. The van der Waals surface area contributed by atoms with Gasteiger partial charge in [-0.2, -0.15) is 0 Å². The molecule has 1 saturated carbocycles. The van der Waals surface area contributed by atoms with Crippen molar-refractivity contribution in [2.24, 2.45) is 0 Å². The summed E-state index contributed by atoms with van der Waals surface area (Å²) in [6, 6.07) is 12.6. The van der Waals surface area contributed by atoms with E-state index in [9.17, 15) is 9.59 Å². The number of hydrogen-bond donors (Lipinski definition) is 1. The normalized spacial score (nSPS) is 15.0. The quantitative estimate of drug-likeness (QED) is 0.521. The average Bonchev–Trinajstić information content (AvgIpc) is 3.26. The number of methoxy groups -OCH3 is 2. The molecule has 8 heteroatoms. The Morgan fingerprint density at radius 2 is 1.80 bits per heavy atom. The van der Waals surface area contributed by atoms with Crippen LogP contribution in [0, 0.1) is 0 Å². The third-order valence-corrected chi connectivity index (χ3v) is 6.87. The molecule has 0 radical (unpaired) electrons. The number of nitrogens with zero attached hydrogens (tertiary/aromatic N) is 3. The van der Waals surface area contributed by atoms with Gasteiger partial charge < -0.3 is 24.3 Å². The molecular formula is C27H34N4O4. The van der Waals surface area contributed by atoms with Gasteiger partial charge in [-0.15, -0.1) is 0 Å². The lowest BCUT2D eigenvalue weighted by Gasteiger charge is -2.31. The second-order valence-electron chi connectivity index (χ2n) is 9.11. The lowest BCUT2D eigenvalue weighted by atomic mass is 9.94. The summed E-state index contributed by atoms with van der Waals surface area (Å²) in [7, 11) is 4.99. The number of fused-ring (bicyclic) bond motifs is 1. The van der Waals surface area contributed by atoms with E-state index in [2.05, 4.69) is 5.32 Å². The first-order chi connectivity index (χ1) is 16.9. The number of amides is 2. The Bertz CT molecular complexity index is 1200. The van der Waals surface area contributed by atoms with Crippen molar-refractivity contribution in [1.29, 1.82) is 0 Å². The molecule has 35 heavy (non-hydrogen) atoms. The minimum absolute atomic E-state index is 0.0553. The molecule has 0 saturated heterocycles. The highest BCUT2D eigenvalue weighted by atomic mass is 16.5. The molecular weight excluding hydrogens is 444 g/mol. The van der Waals surface area contributed by atoms with Crippen molar-refractivity contribution < 1.29 is 19.1 Å². The van der Waals surface area contributed by atoms with Crippen LogP contribution in [0.25, 0.3) is 11.0 Å². The molecule has 1 unspecified atom stereocenters. The average molecular weight is 479 g/mol. The maximum absolute atomic E-state index is 13.3. The lowest BCUT2D eigenvalue weighted by Crippen LogP contribution is -2.40. The van der Waals surface area contributed by atoms with Crippen LogP contribution in [0.5, 0.6) is 11.5 Å². The van der Waals surface area contributed by atoms with Gasteiger partial charge in [0.25, 0.3) is 5.91 Å². The van der Waals surface area contributed by atoms with E-state index in [1.165, 1.54) is 26.4 Å². The van der Waals surface area contributed by atoms with Gasteiger partial charge in [0.1, 0.15) is 12.4 Å². The SMILES string of the molecule is COc1ccc(C(=O)NC(C)c2nc3ccccc3n2CC(=O)N(C)C2CCCCC2)cc1OC. The summed E-state index contributed by atoms with van der Waals surface area (Å²) >= 11 is 0. The fourth-order valence-electron chi connectivity index (χ4n) is 4.83. The Hall–Kier alpha value is -3.55. The standard InChI is InChI=1S/C27H34N4O4/c1-18(28-27(33)19-14-15-23(34-3)24(16-19)35-4)26-29-21-12-8-9-13-22(21)31(26)17-25(32)30(2)20-10-6-5-7-11-20/h8-9,12-16,18,20H,5-7,10-11,17H2,1-4H3,(H,28,33). The summed E-state index contributed by atoms with van der Waals surface area (Å²) in [6.45, 7) is 2.06. The number of para-hydroxylation sites is 2. The van der Waals surface area contributed by atoms with Crippen LogP contribution in [0.15, 0.2) is 42.5 Å². The summed E-state index contributed by atoms with van der Waals surface area (Å²) in [4.78, 5) is 33.0. The molecule has 0 bridgehead atoms. The number of hydrogen-bond acceptors (Lipinski definition) is 5. The van der Waals surface area contributed by atoms with Crippen LogP contribution in [-0.2, 0) is 11.3 Å². The smallest absolute Gasteiger partial charge is 0.251 e. The summed E-state index contributed by atoms with van der Waals surface area (Å²) < 4.78 is 12.5. The van der Waals surface area contributed by atoms with Gasteiger partial charge >= 0.3 is 0 Å². The van der Waals surface area contributed by atoms with E-state index in [4.69, 9.17) is 14.5 Å². The molecule has 1 aliphatic carbocycles. The number of rotatable bonds is 8. The van der Waals surface area contributed by atoms with Crippen molar-refractivity contribution in [3.05, 3.63) is 53.9 Å². The summed E-state index contributed by atoms with van der Waals surface area (Å²) in [5, 5.41) is 3.02. The molecule has 1 atom stereocenters. The molecule has 2 amide bonds. The van der Waals surface area contributed by atoms with Gasteiger partial charge in [-0.25, -0.2) is 4.98 Å². The molecule has 1 aromatic heterocycles. The predicted octanol–water partition coefficient (Wildman–Crippen LogP) is 4.34. The molecule has 1 fully saturated rings. The van der Waals surface area contributed by atoms with Crippen molar-refractivity contribution in [2.75, 3.05) is 21.3 Å². The second-order valence-corrected chi connectivity index (χ2v) is 9.11.